The molecule has 1 saturated heterocycles. The molecule has 0 aliphatic carbocycles. The average molecular weight is 395 g/mol. The van der Waals surface area contributed by atoms with Crippen LogP contribution in [0, 0.1) is 17.2 Å². The van der Waals surface area contributed by atoms with E-state index in [9.17, 15) is 5.26 Å². The molecule has 0 radical (unpaired) electrons. The Balaban J connectivity index is 1.73. The lowest BCUT2D eigenvalue weighted by Crippen LogP contribution is -2.19. The van der Waals surface area contributed by atoms with Crippen LogP contribution < -0.4 is 10.1 Å². The van der Waals surface area contributed by atoms with Crippen molar-refractivity contribution < 1.29 is 9.47 Å². The molecule has 1 fully saturated rings. The average Bonchev–Trinajstić information content (AvgIpc) is 3.37. The smallest absolute Gasteiger partial charge is 0.257 e. The van der Waals surface area contributed by atoms with Crippen molar-refractivity contribution in [1.82, 2.24) is 24.3 Å². The summed E-state index contributed by atoms with van der Waals surface area (Å²) in [6.45, 7) is 7.33. The molecule has 1 aliphatic heterocycles. The number of aromatic nitrogens is 5. The van der Waals surface area contributed by atoms with Crippen molar-refractivity contribution >= 4 is 22.7 Å². The lowest BCUT2D eigenvalue weighted by Gasteiger charge is -2.19. The van der Waals surface area contributed by atoms with Gasteiger partial charge in [-0.15, -0.1) is 5.10 Å². The van der Waals surface area contributed by atoms with Gasteiger partial charge >= 0.3 is 0 Å². The highest BCUT2D eigenvalue weighted by Crippen LogP contribution is 2.34. The van der Waals surface area contributed by atoms with Gasteiger partial charge in [0.2, 0.25) is 5.95 Å². The zero-order chi connectivity index (χ0) is 20.5. The lowest BCUT2D eigenvalue weighted by atomic mass is 10.0. The Bertz CT molecular complexity index is 1060. The monoisotopic (exact) mass is 395 g/mol. The van der Waals surface area contributed by atoms with Crippen molar-refractivity contribution in [3.8, 4) is 11.9 Å². The molecule has 0 aromatic carbocycles. The number of anilines is 2. The quantitative estimate of drug-likeness (QED) is 0.684. The summed E-state index contributed by atoms with van der Waals surface area (Å²) >= 11 is 0. The minimum Gasteiger partial charge on any atom is -0.472 e. The molecule has 9 nitrogen and oxygen atoms in total. The van der Waals surface area contributed by atoms with Gasteiger partial charge in [0.1, 0.15) is 23.1 Å². The third kappa shape index (κ3) is 3.63. The van der Waals surface area contributed by atoms with Gasteiger partial charge in [-0.2, -0.15) is 10.2 Å². The van der Waals surface area contributed by atoms with E-state index in [4.69, 9.17) is 14.5 Å². The number of nitrogens with one attached hydrogen (secondary N) is 1. The van der Waals surface area contributed by atoms with E-state index >= 15 is 0 Å². The predicted molar refractivity (Wildman–Crippen MR) is 108 cm³/mol. The van der Waals surface area contributed by atoms with Crippen LogP contribution in [0.15, 0.2) is 18.5 Å². The lowest BCUT2D eigenvalue weighted by molar-refractivity contribution is 0.180. The second kappa shape index (κ2) is 7.72. The van der Waals surface area contributed by atoms with E-state index < -0.39 is 0 Å². The Hall–Kier alpha value is -3.12. The molecule has 0 unspecified atom stereocenters. The number of hydrogen-bond acceptors (Lipinski definition) is 7. The number of hydrogen-bond donors (Lipinski definition) is 1. The molecular formula is C20H25N7O2. The van der Waals surface area contributed by atoms with Crippen LogP contribution in [-0.2, 0) is 11.8 Å². The van der Waals surface area contributed by atoms with Crippen LogP contribution in [0.2, 0.25) is 0 Å². The molecule has 2 atom stereocenters. The highest BCUT2D eigenvalue weighted by Gasteiger charge is 2.31. The third-order valence-corrected chi connectivity index (χ3v) is 5.10. The number of fused-ring (bicyclic) bond motifs is 1. The van der Waals surface area contributed by atoms with Gasteiger partial charge in [-0.3, -0.25) is 4.68 Å². The summed E-state index contributed by atoms with van der Waals surface area (Å²) in [5.41, 5.74) is 1.99. The van der Waals surface area contributed by atoms with Crippen LogP contribution in [0.3, 0.4) is 0 Å². The topological polar surface area (TPSA) is 103 Å². The fourth-order valence-electron chi connectivity index (χ4n) is 3.74. The second-order valence-electron chi connectivity index (χ2n) is 7.57. The Labute approximate surface area is 169 Å². The highest BCUT2D eigenvalue weighted by molar-refractivity contribution is 5.79. The van der Waals surface area contributed by atoms with E-state index in [0.29, 0.717) is 42.3 Å². The molecule has 4 heterocycles. The molecule has 3 aromatic rings. The second-order valence-corrected chi connectivity index (χ2v) is 7.57. The first kappa shape index (κ1) is 19.2. The first-order valence-corrected chi connectivity index (χ1v) is 9.83. The van der Waals surface area contributed by atoms with Crippen molar-refractivity contribution in [3.63, 3.8) is 0 Å². The minimum atomic E-state index is -0.00221. The summed E-state index contributed by atoms with van der Waals surface area (Å²) in [7, 11) is 1.83. The molecular weight excluding hydrogens is 370 g/mol. The fraction of sp³-hybridized carbons (Fsp3) is 0.500. The largest absolute Gasteiger partial charge is 0.472 e. The fourth-order valence-corrected chi connectivity index (χ4v) is 3.74. The van der Waals surface area contributed by atoms with E-state index in [2.05, 4.69) is 28.4 Å². The van der Waals surface area contributed by atoms with Gasteiger partial charge in [0, 0.05) is 24.5 Å². The van der Waals surface area contributed by atoms with Crippen molar-refractivity contribution in [2.75, 3.05) is 18.5 Å². The number of rotatable bonds is 6. The minimum absolute atomic E-state index is 0.00221. The number of nitrogens with zero attached hydrogens (tertiary/aromatic N) is 6. The van der Waals surface area contributed by atoms with Crippen LogP contribution >= 0.6 is 0 Å². The molecule has 1 N–H and O–H groups in total. The Morgan fingerprint density at radius 1 is 1.41 bits per heavy atom. The van der Waals surface area contributed by atoms with Crippen molar-refractivity contribution in [3.05, 3.63) is 24.2 Å². The molecule has 0 spiro atoms. The third-order valence-electron chi connectivity index (χ3n) is 5.10. The van der Waals surface area contributed by atoms with Crippen LogP contribution in [-0.4, -0.2) is 43.6 Å². The maximum atomic E-state index is 9.66. The van der Waals surface area contributed by atoms with Gasteiger partial charge in [0.15, 0.2) is 0 Å². The molecule has 152 valence electrons. The van der Waals surface area contributed by atoms with Gasteiger partial charge < -0.3 is 19.4 Å². The molecule has 0 amide bonds. The van der Waals surface area contributed by atoms with Crippen LogP contribution in [0.4, 0.5) is 11.6 Å². The van der Waals surface area contributed by atoms with Gasteiger partial charge in [0.25, 0.3) is 5.88 Å². The van der Waals surface area contributed by atoms with Crippen LogP contribution in [0.5, 0.6) is 5.88 Å². The van der Waals surface area contributed by atoms with Gasteiger partial charge in [0.05, 0.1) is 31.6 Å². The van der Waals surface area contributed by atoms with E-state index in [1.165, 1.54) is 0 Å². The standard InChI is InChI=1S/C20H25N7O2/c1-5-13-10-28-11-17(13)27-15(7-21)6-14-8-22-20(24-18(14)27)23-16-9-26(4)25-19(16)29-12(2)3/h6,8-9,12-13,17H,5,10-11H2,1-4H3,(H,22,23,24)/t13-,17+/m0/s1. The summed E-state index contributed by atoms with van der Waals surface area (Å²) in [5.74, 6) is 1.28. The number of aryl methyl sites for hydroxylation is 1. The van der Waals surface area contributed by atoms with Crippen LogP contribution in [0.1, 0.15) is 38.9 Å². The Kier molecular flexibility index (Phi) is 5.11. The molecule has 9 heteroatoms. The van der Waals surface area contributed by atoms with E-state index in [0.717, 1.165) is 17.5 Å². The summed E-state index contributed by atoms with van der Waals surface area (Å²) in [5, 5.41) is 18.0. The zero-order valence-electron chi connectivity index (χ0n) is 17.1. The Morgan fingerprint density at radius 2 is 2.24 bits per heavy atom. The molecule has 3 aromatic heterocycles. The number of nitriles is 1. The van der Waals surface area contributed by atoms with Crippen molar-refractivity contribution in [2.24, 2.45) is 13.0 Å². The van der Waals surface area contributed by atoms with Crippen molar-refractivity contribution in [1.29, 1.82) is 5.26 Å². The predicted octanol–water partition coefficient (Wildman–Crippen LogP) is 3.16. The number of ether oxygens (including phenoxy) is 2. The van der Waals surface area contributed by atoms with Crippen LogP contribution in [0.25, 0.3) is 11.0 Å². The molecule has 0 bridgehead atoms. The molecule has 29 heavy (non-hydrogen) atoms. The summed E-state index contributed by atoms with van der Waals surface area (Å²) < 4.78 is 15.1. The summed E-state index contributed by atoms with van der Waals surface area (Å²) in [6, 6.07) is 4.22. The SMILES string of the molecule is CC[C@H]1COC[C@H]1n1c(C#N)cc2cnc(Nc3cn(C)nc3OC(C)C)nc21. The summed E-state index contributed by atoms with van der Waals surface area (Å²) in [6.07, 6.45) is 4.54. The first-order chi connectivity index (χ1) is 14.0. The zero-order valence-corrected chi connectivity index (χ0v) is 17.1. The van der Waals surface area contributed by atoms with E-state index in [1.807, 2.05) is 37.7 Å². The maximum Gasteiger partial charge on any atom is 0.257 e. The van der Waals surface area contributed by atoms with Gasteiger partial charge in [-0.25, -0.2) is 4.98 Å². The summed E-state index contributed by atoms with van der Waals surface area (Å²) in [4.78, 5) is 9.14. The first-order valence-electron chi connectivity index (χ1n) is 9.83. The Morgan fingerprint density at radius 3 is 2.97 bits per heavy atom. The molecule has 4 rings (SSSR count). The van der Waals surface area contributed by atoms with Gasteiger partial charge in [-0.1, -0.05) is 6.92 Å². The normalized spacial score (nSPS) is 19.0. The van der Waals surface area contributed by atoms with Crippen molar-refractivity contribution in [2.45, 2.75) is 39.3 Å². The molecule has 1 aliphatic rings. The van der Waals surface area contributed by atoms with E-state index in [-0.39, 0.29) is 12.1 Å². The van der Waals surface area contributed by atoms with Gasteiger partial charge in [-0.05, 0) is 26.3 Å². The van der Waals surface area contributed by atoms with E-state index in [1.54, 1.807) is 10.9 Å². The molecule has 0 saturated carbocycles. The highest BCUT2D eigenvalue weighted by atomic mass is 16.5. The maximum absolute atomic E-state index is 9.66.